The maximum atomic E-state index is 12.5. The van der Waals surface area contributed by atoms with Gasteiger partial charge in [0.25, 0.3) is 0 Å². The molecule has 7 heteroatoms. The normalized spacial score (nSPS) is 16.3. The van der Waals surface area contributed by atoms with Crippen molar-refractivity contribution in [3.05, 3.63) is 30.5 Å². The second-order valence-corrected chi connectivity index (χ2v) is 7.16. The molecule has 1 aromatic heterocycles. The van der Waals surface area contributed by atoms with E-state index in [1.165, 1.54) is 19.3 Å². The van der Waals surface area contributed by atoms with E-state index in [9.17, 15) is 9.59 Å². The summed E-state index contributed by atoms with van der Waals surface area (Å²) < 4.78 is 1.66. The number of nitrogens with zero attached hydrogens (tertiary/aromatic N) is 2. The van der Waals surface area contributed by atoms with Crippen LogP contribution in [-0.4, -0.2) is 40.1 Å². The van der Waals surface area contributed by atoms with E-state index in [-0.39, 0.29) is 30.3 Å². The molecule has 1 aliphatic carbocycles. The van der Waals surface area contributed by atoms with E-state index in [1.807, 2.05) is 30.5 Å². The summed E-state index contributed by atoms with van der Waals surface area (Å²) in [6.45, 7) is 0.588. The molecule has 0 bridgehead atoms. The fraction of sp³-hybridized carbons (Fsp3) is 0.526. The second-order valence-electron chi connectivity index (χ2n) is 6.90. The number of rotatable bonds is 7. The molecule has 1 aromatic carbocycles. The molecule has 0 spiro atoms. The standard InChI is InChI=1S/C19H25ClN4O2/c20-10-18(25)21-11-17(14-6-2-1-3-7-14)22-19(26)13-24-12-15-8-4-5-9-16(15)23-24/h4-5,8-9,12,14,17H,1-3,6-7,10-11,13H2,(H,21,25)(H,22,26). The number of carbonyl (C=O) groups is 2. The lowest BCUT2D eigenvalue weighted by atomic mass is 9.83. The lowest BCUT2D eigenvalue weighted by molar-refractivity contribution is -0.124. The van der Waals surface area contributed by atoms with Gasteiger partial charge in [0, 0.05) is 24.2 Å². The number of fused-ring (bicyclic) bond motifs is 1. The molecule has 1 fully saturated rings. The summed E-state index contributed by atoms with van der Waals surface area (Å²) in [5.74, 6) is 0.0270. The van der Waals surface area contributed by atoms with Crippen molar-refractivity contribution in [1.82, 2.24) is 20.4 Å². The highest BCUT2D eigenvalue weighted by Gasteiger charge is 2.25. The van der Waals surface area contributed by atoms with Gasteiger partial charge in [-0.2, -0.15) is 5.10 Å². The molecular weight excluding hydrogens is 352 g/mol. The lowest BCUT2D eigenvalue weighted by Gasteiger charge is -2.31. The Labute approximate surface area is 158 Å². The number of hydrogen-bond donors (Lipinski definition) is 2. The minimum atomic E-state index is -0.208. The summed E-state index contributed by atoms with van der Waals surface area (Å²) in [7, 11) is 0. The molecule has 2 amide bonds. The Bertz CT molecular complexity index is 722. The van der Waals surface area contributed by atoms with Crippen LogP contribution in [0, 0.1) is 5.92 Å². The molecule has 1 atom stereocenters. The van der Waals surface area contributed by atoms with E-state index in [1.54, 1.807) is 4.68 Å². The maximum absolute atomic E-state index is 12.5. The molecule has 1 heterocycles. The highest BCUT2D eigenvalue weighted by molar-refractivity contribution is 6.27. The van der Waals surface area contributed by atoms with Gasteiger partial charge in [-0.05, 0) is 24.8 Å². The molecule has 1 saturated carbocycles. The zero-order valence-electron chi connectivity index (χ0n) is 14.8. The van der Waals surface area contributed by atoms with E-state index >= 15 is 0 Å². The van der Waals surface area contributed by atoms with Crippen LogP contribution < -0.4 is 10.6 Å². The van der Waals surface area contributed by atoms with Gasteiger partial charge in [-0.25, -0.2) is 0 Å². The lowest BCUT2D eigenvalue weighted by Crippen LogP contribution is -2.49. The molecule has 3 rings (SSSR count). The Morgan fingerprint density at radius 3 is 2.69 bits per heavy atom. The molecule has 26 heavy (non-hydrogen) atoms. The van der Waals surface area contributed by atoms with E-state index in [4.69, 9.17) is 11.6 Å². The summed E-state index contributed by atoms with van der Waals surface area (Å²) in [6, 6.07) is 7.71. The number of alkyl halides is 1. The predicted octanol–water partition coefficient (Wildman–Crippen LogP) is 2.46. The van der Waals surface area contributed by atoms with Crippen LogP contribution in [0.3, 0.4) is 0 Å². The van der Waals surface area contributed by atoms with Crippen LogP contribution in [-0.2, 0) is 16.1 Å². The Hall–Kier alpha value is -2.08. The first-order chi connectivity index (χ1) is 12.7. The molecule has 0 radical (unpaired) electrons. The molecule has 0 aliphatic heterocycles. The van der Waals surface area contributed by atoms with Crippen LogP contribution in [0.2, 0.25) is 0 Å². The number of hydrogen-bond acceptors (Lipinski definition) is 3. The monoisotopic (exact) mass is 376 g/mol. The zero-order valence-corrected chi connectivity index (χ0v) is 15.5. The minimum Gasteiger partial charge on any atom is -0.353 e. The van der Waals surface area contributed by atoms with E-state index in [0.29, 0.717) is 12.5 Å². The molecule has 1 unspecified atom stereocenters. The SMILES string of the molecule is O=C(CCl)NCC(NC(=O)Cn1cc2ccccc2n1)C1CCCCC1. The largest absolute Gasteiger partial charge is 0.353 e. The fourth-order valence-corrected chi connectivity index (χ4v) is 3.73. The van der Waals surface area contributed by atoms with Crippen molar-refractivity contribution in [2.75, 3.05) is 12.4 Å². The van der Waals surface area contributed by atoms with Crippen LogP contribution in [0.5, 0.6) is 0 Å². The van der Waals surface area contributed by atoms with Gasteiger partial charge in [0.1, 0.15) is 12.4 Å². The van der Waals surface area contributed by atoms with Gasteiger partial charge < -0.3 is 10.6 Å². The van der Waals surface area contributed by atoms with Crippen LogP contribution >= 0.6 is 11.6 Å². The highest BCUT2D eigenvalue weighted by atomic mass is 35.5. The van der Waals surface area contributed by atoms with Gasteiger partial charge >= 0.3 is 0 Å². The summed E-state index contributed by atoms with van der Waals surface area (Å²) in [4.78, 5) is 24.1. The zero-order chi connectivity index (χ0) is 18.4. The number of benzene rings is 1. The first kappa shape index (κ1) is 18.7. The quantitative estimate of drug-likeness (QED) is 0.729. The summed E-state index contributed by atoms with van der Waals surface area (Å²) in [5, 5.41) is 11.4. The van der Waals surface area contributed by atoms with Crippen molar-refractivity contribution in [3.63, 3.8) is 0 Å². The van der Waals surface area contributed by atoms with Gasteiger partial charge in [0.15, 0.2) is 0 Å². The molecule has 2 aromatic rings. The van der Waals surface area contributed by atoms with E-state index in [2.05, 4.69) is 15.7 Å². The minimum absolute atomic E-state index is 0.0643. The number of halogens is 1. The predicted molar refractivity (Wildman–Crippen MR) is 102 cm³/mol. The molecule has 2 N–H and O–H groups in total. The number of aromatic nitrogens is 2. The third-order valence-electron chi connectivity index (χ3n) is 4.97. The van der Waals surface area contributed by atoms with Crippen LogP contribution in [0.25, 0.3) is 10.9 Å². The molecule has 6 nitrogen and oxygen atoms in total. The number of amides is 2. The van der Waals surface area contributed by atoms with E-state index < -0.39 is 0 Å². The van der Waals surface area contributed by atoms with E-state index in [0.717, 1.165) is 23.7 Å². The fourth-order valence-electron chi connectivity index (χ4n) is 3.64. The van der Waals surface area contributed by atoms with Crippen LogP contribution in [0.1, 0.15) is 32.1 Å². The van der Waals surface area contributed by atoms with Crippen molar-refractivity contribution >= 4 is 34.3 Å². The van der Waals surface area contributed by atoms with Gasteiger partial charge in [-0.3, -0.25) is 14.3 Å². The van der Waals surface area contributed by atoms with Crippen molar-refractivity contribution in [3.8, 4) is 0 Å². The van der Waals surface area contributed by atoms with Gasteiger partial charge in [0.2, 0.25) is 11.8 Å². The van der Waals surface area contributed by atoms with Crippen LogP contribution in [0.15, 0.2) is 30.5 Å². The van der Waals surface area contributed by atoms with Crippen molar-refractivity contribution in [2.24, 2.45) is 5.92 Å². The molecular formula is C19H25ClN4O2. The Morgan fingerprint density at radius 1 is 1.19 bits per heavy atom. The molecule has 140 valence electrons. The van der Waals surface area contributed by atoms with Crippen LogP contribution in [0.4, 0.5) is 0 Å². The number of nitrogens with one attached hydrogen (secondary N) is 2. The van der Waals surface area contributed by atoms with Gasteiger partial charge in [-0.1, -0.05) is 37.5 Å². The highest BCUT2D eigenvalue weighted by Crippen LogP contribution is 2.26. The first-order valence-electron chi connectivity index (χ1n) is 9.20. The topological polar surface area (TPSA) is 76.0 Å². The Balaban J connectivity index is 1.62. The van der Waals surface area contributed by atoms with Crippen molar-refractivity contribution in [2.45, 2.75) is 44.7 Å². The summed E-state index contributed by atoms with van der Waals surface area (Å²) >= 11 is 5.56. The Kier molecular flexibility index (Phi) is 6.50. The van der Waals surface area contributed by atoms with Crippen molar-refractivity contribution < 1.29 is 9.59 Å². The summed E-state index contributed by atoms with van der Waals surface area (Å²) in [6.07, 6.45) is 7.61. The average molecular weight is 377 g/mol. The molecule has 0 saturated heterocycles. The maximum Gasteiger partial charge on any atom is 0.242 e. The smallest absolute Gasteiger partial charge is 0.242 e. The average Bonchev–Trinajstić information content (AvgIpc) is 3.07. The first-order valence-corrected chi connectivity index (χ1v) is 9.73. The van der Waals surface area contributed by atoms with Gasteiger partial charge in [0.05, 0.1) is 5.52 Å². The van der Waals surface area contributed by atoms with Gasteiger partial charge in [-0.15, -0.1) is 11.6 Å². The second kappa shape index (κ2) is 9.03. The molecule has 1 aliphatic rings. The number of carbonyl (C=O) groups excluding carboxylic acids is 2. The Morgan fingerprint density at radius 2 is 1.96 bits per heavy atom. The third-order valence-corrected chi connectivity index (χ3v) is 5.22. The van der Waals surface area contributed by atoms with Crippen molar-refractivity contribution in [1.29, 1.82) is 0 Å². The third kappa shape index (κ3) is 4.97. The summed E-state index contributed by atoms with van der Waals surface area (Å²) in [5.41, 5.74) is 0.874.